The summed E-state index contributed by atoms with van der Waals surface area (Å²) in [7, 11) is 0. The normalized spacial score (nSPS) is 10.8. The highest BCUT2D eigenvalue weighted by Crippen LogP contribution is 2.34. The Labute approximate surface area is 146 Å². The summed E-state index contributed by atoms with van der Waals surface area (Å²) >= 11 is 15.4. The highest BCUT2D eigenvalue weighted by Gasteiger charge is 2.10. The van der Waals surface area contributed by atoms with E-state index in [0.717, 1.165) is 26.2 Å². The molecule has 0 radical (unpaired) electrons. The van der Waals surface area contributed by atoms with Crippen LogP contribution < -0.4 is 5.73 Å². The molecule has 2 N–H and O–H groups in total. The van der Waals surface area contributed by atoms with Crippen LogP contribution in [0.5, 0.6) is 0 Å². The standard InChI is InChI=1S/C15H11Cl2N3S2/c16-12-2-1-3-13(17)11(12)8-21-15-20-19-14(22-15)9-4-6-10(18)7-5-9/h1-7H,8,18H2. The molecule has 112 valence electrons. The smallest absolute Gasteiger partial charge is 0.174 e. The fraction of sp³-hybridized carbons (Fsp3) is 0.0667. The number of nitrogens with two attached hydrogens (primary N) is 1. The molecule has 7 heteroatoms. The van der Waals surface area contributed by atoms with E-state index in [1.807, 2.05) is 42.5 Å². The number of thioether (sulfide) groups is 1. The third-order valence-corrected chi connectivity index (χ3v) is 5.81. The lowest BCUT2D eigenvalue weighted by Gasteiger charge is -2.04. The maximum atomic E-state index is 6.17. The van der Waals surface area contributed by atoms with Crippen molar-refractivity contribution in [3.05, 3.63) is 58.1 Å². The van der Waals surface area contributed by atoms with Crippen LogP contribution >= 0.6 is 46.3 Å². The minimum Gasteiger partial charge on any atom is -0.399 e. The van der Waals surface area contributed by atoms with Crippen LogP contribution in [-0.2, 0) is 5.75 Å². The predicted octanol–water partition coefficient (Wildman–Crippen LogP) is 5.39. The summed E-state index contributed by atoms with van der Waals surface area (Å²) in [5, 5.41) is 10.6. The Bertz CT molecular complexity index is 767. The van der Waals surface area contributed by atoms with E-state index in [1.165, 1.54) is 11.3 Å². The number of benzene rings is 2. The number of nitrogen functional groups attached to an aromatic ring is 1. The van der Waals surface area contributed by atoms with E-state index >= 15 is 0 Å². The third-order valence-electron chi connectivity index (χ3n) is 2.97. The van der Waals surface area contributed by atoms with Gasteiger partial charge in [0.05, 0.1) is 0 Å². The molecule has 22 heavy (non-hydrogen) atoms. The fourth-order valence-electron chi connectivity index (χ4n) is 1.81. The molecule has 0 atom stereocenters. The number of hydrogen-bond donors (Lipinski definition) is 1. The number of nitrogens with zero attached hydrogens (tertiary/aromatic N) is 2. The molecule has 2 aromatic carbocycles. The highest BCUT2D eigenvalue weighted by atomic mass is 35.5. The zero-order valence-corrected chi connectivity index (χ0v) is 14.4. The molecule has 0 unspecified atom stereocenters. The largest absolute Gasteiger partial charge is 0.399 e. The molecule has 3 nitrogen and oxygen atoms in total. The molecule has 1 heterocycles. The lowest BCUT2D eigenvalue weighted by atomic mass is 10.2. The summed E-state index contributed by atoms with van der Waals surface area (Å²) in [4.78, 5) is 0. The number of hydrogen-bond acceptors (Lipinski definition) is 5. The molecule has 0 aliphatic carbocycles. The highest BCUT2D eigenvalue weighted by molar-refractivity contribution is 8.00. The summed E-state index contributed by atoms with van der Waals surface area (Å²) in [6, 6.07) is 13.1. The van der Waals surface area contributed by atoms with Crippen LogP contribution in [0.2, 0.25) is 10.0 Å². The monoisotopic (exact) mass is 367 g/mol. The van der Waals surface area contributed by atoms with Crippen molar-refractivity contribution >= 4 is 52.0 Å². The lowest BCUT2D eigenvalue weighted by molar-refractivity contribution is 1.01. The topological polar surface area (TPSA) is 51.8 Å². The van der Waals surface area contributed by atoms with E-state index in [-0.39, 0.29) is 0 Å². The second-order valence-electron chi connectivity index (χ2n) is 4.48. The summed E-state index contributed by atoms with van der Waals surface area (Å²) in [5.74, 6) is 0.662. The number of aromatic nitrogens is 2. The molecule has 1 aromatic heterocycles. The van der Waals surface area contributed by atoms with E-state index in [0.29, 0.717) is 15.8 Å². The van der Waals surface area contributed by atoms with Crippen molar-refractivity contribution in [2.24, 2.45) is 0 Å². The molecule has 0 amide bonds. The molecule has 3 aromatic rings. The van der Waals surface area contributed by atoms with Gasteiger partial charge >= 0.3 is 0 Å². The number of halogens is 2. The van der Waals surface area contributed by atoms with Crippen molar-refractivity contribution in [1.82, 2.24) is 10.2 Å². The van der Waals surface area contributed by atoms with Crippen molar-refractivity contribution in [1.29, 1.82) is 0 Å². The first-order valence-electron chi connectivity index (χ1n) is 6.38. The second-order valence-corrected chi connectivity index (χ2v) is 7.50. The van der Waals surface area contributed by atoms with Crippen LogP contribution in [0.1, 0.15) is 5.56 Å². The minimum atomic E-state index is 0.662. The lowest BCUT2D eigenvalue weighted by Crippen LogP contribution is -1.84. The van der Waals surface area contributed by atoms with Gasteiger partial charge in [-0.1, -0.05) is 52.4 Å². The average molecular weight is 368 g/mol. The van der Waals surface area contributed by atoms with Crippen LogP contribution in [0, 0.1) is 0 Å². The van der Waals surface area contributed by atoms with Gasteiger partial charge in [-0.2, -0.15) is 0 Å². The van der Waals surface area contributed by atoms with Gasteiger partial charge in [0.15, 0.2) is 4.34 Å². The number of rotatable bonds is 4. The third kappa shape index (κ3) is 3.55. The molecule has 0 aliphatic heterocycles. The van der Waals surface area contributed by atoms with Crippen LogP contribution in [0.4, 0.5) is 5.69 Å². The Morgan fingerprint density at radius 2 is 1.68 bits per heavy atom. The SMILES string of the molecule is Nc1ccc(-c2nnc(SCc3c(Cl)cccc3Cl)s2)cc1. The molecule has 0 bridgehead atoms. The van der Waals surface area contributed by atoms with Gasteiger partial charge < -0.3 is 5.73 Å². The van der Waals surface area contributed by atoms with Crippen molar-refractivity contribution in [3.8, 4) is 10.6 Å². The average Bonchev–Trinajstić information content (AvgIpc) is 2.96. The first-order chi connectivity index (χ1) is 10.6. The van der Waals surface area contributed by atoms with Crippen LogP contribution in [0.15, 0.2) is 46.8 Å². The quantitative estimate of drug-likeness (QED) is 0.496. The van der Waals surface area contributed by atoms with Crippen LogP contribution in [0.3, 0.4) is 0 Å². The molecular formula is C15H11Cl2N3S2. The van der Waals surface area contributed by atoms with E-state index in [4.69, 9.17) is 28.9 Å². The van der Waals surface area contributed by atoms with Gasteiger partial charge in [0.2, 0.25) is 0 Å². The zero-order valence-electron chi connectivity index (χ0n) is 11.3. The maximum absolute atomic E-state index is 6.17. The van der Waals surface area contributed by atoms with Crippen LogP contribution in [0.25, 0.3) is 10.6 Å². The van der Waals surface area contributed by atoms with Gasteiger partial charge in [0, 0.05) is 27.0 Å². The first-order valence-corrected chi connectivity index (χ1v) is 8.94. The van der Waals surface area contributed by atoms with Gasteiger partial charge in [-0.25, -0.2) is 0 Å². The van der Waals surface area contributed by atoms with E-state index in [9.17, 15) is 0 Å². The van der Waals surface area contributed by atoms with Gasteiger partial charge in [-0.05, 0) is 42.0 Å². The van der Waals surface area contributed by atoms with Crippen molar-refractivity contribution in [2.75, 3.05) is 5.73 Å². The van der Waals surface area contributed by atoms with Crippen molar-refractivity contribution in [2.45, 2.75) is 10.1 Å². The maximum Gasteiger partial charge on any atom is 0.174 e. The zero-order chi connectivity index (χ0) is 15.5. The molecule has 0 fully saturated rings. The summed E-state index contributed by atoms with van der Waals surface area (Å²) in [5.41, 5.74) is 8.35. The number of anilines is 1. The van der Waals surface area contributed by atoms with Crippen LogP contribution in [-0.4, -0.2) is 10.2 Å². The molecule has 0 spiro atoms. The van der Waals surface area contributed by atoms with Crippen molar-refractivity contribution in [3.63, 3.8) is 0 Å². The summed E-state index contributed by atoms with van der Waals surface area (Å²) < 4.78 is 0.878. The van der Waals surface area contributed by atoms with Gasteiger partial charge in [-0.3, -0.25) is 0 Å². The van der Waals surface area contributed by atoms with Gasteiger partial charge in [0.1, 0.15) is 5.01 Å². The summed E-state index contributed by atoms with van der Waals surface area (Å²) in [6.45, 7) is 0. The summed E-state index contributed by atoms with van der Waals surface area (Å²) in [6.07, 6.45) is 0. The van der Waals surface area contributed by atoms with E-state index in [1.54, 1.807) is 11.8 Å². The minimum absolute atomic E-state index is 0.662. The fourth-order valence-corrected chi connectivity index (χ4v) is 4.41. The van der Waals surface area contributed by atoms with Crippen molar-refractivity contribution < 1.29 is 0 Å². The Kier molecular flexibility index (Phi) is 4.88. The molecular weight excluding hydrogens is 357 g/mol. The Balaban J connectivity index is 1.73. The molecule has 0 aliphatic rings. The van der Waals surface area contributed by atoms with Gasteiger partial charge in [-0.15, -0.1) is 10.2 Å². The molecule has 3 rings (SSSR count). The van der Waals surface area contributed by atoms with E-state index < -0.39 is 0 Å². The second kappa shape index (κ2) is 6.87. The molecule has 0 saturated carbocycles. The predicted molar refractivity (Wildman–Crippen MR) is 95.8 cm³/mol. The Morgan fingerprint density at radius 1 is 1.00 bits per heavy atom. The van der Waals surface area contributed by atoms with Gasteiger partial charge in [0.25, 0.3) is 0 Å². The molecule has 0 saturated heterocycles. The Hall–Kier alpha value is -1.27. The first kappa shape index (κ1) is 15.6. The van der Waals surface area contributed by atoms with E-state index in [2.05, 4.69) is 10.2 Å². The Morgan fingerprint density at radius 3 is 2.36 bits per heavy atom.